The fourth-order valence-electron chi connectivity index (χ4n) is 3.95. The number of phenols is 1. The van der Waals surface area contributed by atoms with Gasteiger partial charge in [0.1, 0.15) is 17.1 Å². The number of hydrogen-bond acceptors (Lipinski definition) is 4. The average molecular weight is 439 g/mol. The number of phenolic OH excluding ortho intramolecular Hbond substituents is 1. The van der Waals surface area contributed by atoms with Gasteiger partial charge in [0.15, 0.2) is 0 Å². The van der Waals surface area contributed by atoms with Gasteiger partial charge < -0.3 is 9.84 Å². The van der Waals surface area contributed by atoms with Crippen LogP contribution < -0.4 is 4.74 Å². The van der Waals surface area contributed by atoms with Crippen LogP contribution in [0.3, 0.4) is 0 Å². The van der Waals surface area contributed by atoms with Crippen LogP contribution in [-0.4, -0.2) is 26.5 Å². The minimum absolute atomic E-state index is 0.170. The average Bonchev–Trinajstić information content (AvgIpc) is 3.50. The van der Waals surface area contributed by atoms with Gasteiger partial charge in [0, 0.05) is 29.5 Å². The fourth-order valence-corrected chi connectivity index (χ4v) is 3.95. The number of alkyl halides is 2. The normalized spacial score (nSPS) is 13.8. The maximum atomic E-state index is 14.3. The molecule has 0 atom stereocenters. The zero-order chi connectivity index (χ0) is 22.4. The van der Waals surface area contributed by atoms with Gasteiger partial charge in [0.25, 0.3) is 0 Å². The number of halogens is 3. The molecule has 1 aliphatic rings. The molecule has 1 N–H and O–H groups in total. The Kier molecular flexibility index (Phi) is 5.00. The molecule has 164 valence electrons. The second-order valence-electron chi connectivity index (χ2n) is 7.99. The lowest BCUT2D eigenvalue weighted by Gasteiger charge is -2.16. The highest BCUT2D eigenvalue weighted by molar-refractivity contribution is 5.90. The van der Waals surface area contributed by atoms with Crippen LogP contribution in [0.15, 0.2) is 48.7 Å². The van der Waals surface area contributed by atoms with Gasteiger partial charge in [0.05, 0.1) is 11.4 Å². The Morgan fingerprint density at radius 3 is 2.56 bits per heavy atom. The second-order valence-corrected chi connectivity index (χ2v) is 7.99. The third-order valence-electron chi connectivity index (χ3n) is 5.79. The van der Waals surface area contributed by atoms with Crippen LogP contribution in [0, 0.1) is 12.7 Å². The van der Waals surface area contributed by atoms with Crippen molar-refractivity contribution in [2.75, 3.05) is 0 Å². The van der Waals surface area contributed by atoms with Crippen molar-refractivity contribution in [1.29, 1.82) is 0 Å². The van der Waals surface area contributed by atoms with E-state index in [9.17, 15) is 18.3 Å². The van der Waals surface area contributed by atoms with Gasteiger partial charge in [-0.1, -0.05) is 12.1 Å². The molecule has 0 bridgehead atoms. The van der Waals surface area contributed by atoms with Crippen molar-refractivity contribution < 1.29 is 23.0 Å². The van der Waals surface area contributed by atoms with Crippen molar-refractivity contribution in [3.05, 3.63) is 76.9 Å². The maximum absolute atomic E-state index is 14.3. The number of aromatic nitrogens is 3. The molecule has 5 rings (SSSR count). The molecule has 0 amide bonds. The molecule has 1 fully saturated rings. The van der Waals surface area contributed by atoms with Gasteiger partial charge in [-0.2, -0.15) is 13.9 Å². The number of nitrogens with zero attached hydrogens (tertiary/aromatic N) is 3. The van der Waals surface area contributed by atoms with Crippen molar-refractivity contribution in [3.8, 4) is 17.3 Å². The Hall–Kier alpha value is -3.55. The summed E-state index contributed by atoms with van der Waals surface area (Å²) in [5, 5.41) is 15.0. The fraction of sp³-hybridized carbons (Fsp3) is 0.250. The SMILES string of the molecule is Cc1c(Cc2ccc(-n3ccc(C4CC4)n3)cc2)c(OC(F)F)nc2c(F)ccc(O)c12. The van der Waals surface area contributed by atoms with Crippen molar-refractivity contribution in [3.63, 3.8) is 0 Å². The number of aromatic hydroxyl groups is 1. The van der Waals surface area contributed by atoms with Crippen LogP contribution >= 0.6 is 0 Å². The monoisotopic (exact) mass is 439 g/mol. The zero-order valence-electron chi connectivity index (χ0n) is 17.2. The summed E-state index contributed by atoms with van der Waals surface area (Å²) in [4.78, 5) is 3.97. The Morgan fingerprint density at radius 1 is 1.12 bits per heavy atom. The van der Waals surface area contributed by atoms with Crippen LogP contribution in [0.2, 0.25) is 0 Å². The molecular formula is C24H20F3N3O2. The van der Waals surface area contributed by atoms with Crippen molar-refractivity contribution in [2.45, 2.75) is 38.7 Å². The number of aryl methyl sites for hydroxylation is 1. The number of benzene rings is 2. The van der Waals surface area contributed by atoms with Gasteiger partial charge >= 0.3 is 6.61 Å². The Balaban J connectivity index is 1.50. The Bertz CT molecular complexity index is 1300. The largest absolute Gasteiger partial charge is 0.507 e. The summed E-state index contributed by atoms with van der Waals surface area (Å²) in [6.45, 7) is -1.48. The molecule has 2 aromatic heterocycles. The van der Waals surface area contributed by atoms with Crippen LogP contribution in [0.4, 0.5) is 13.2 Å². The molecule has 8 heteroatoms. The molecule has 1 aliphatic carbocycles. The van der Waals surface area contributed by atoms with Gasteiger partial charge in [-0.15, -0.1) is 0 Å². The molecule has 4 aromatic rings. The number of pyridine rings is 1. The van der Waals surface area contributed by atoms with E-state index in [2.05, 4.69) is 14.8 Å². The van der Waals surface area contributed by atoms with E-state index in [1.807, 2.05) is 41.2 Å². The predicted octanol–water partition coefficient (Wildman–Crippen LogP) is 5.64. The molecule has 5 nitrogen and oxygen atoms in total. The van der Waals surface area contributed by atoms with E-state index in [-0.39, 0.29) is 29.0 Å². The maximum Gasteiger partial charge on any atom is 0.388 e. The molecule has 32 heavy (non-hydrogen) atoms. The highest BCUT2D eigenvalue weighted by atomic mass is 19.3. The number of ether oxygens (including phenoxy) is 1. The molecule has 0 radical (unpaired) electrons. The smallest absolute Gasteiger partial charge is 0.388 e. The highest BCUT2D eigenvalue weighted by Crippen LogP contribution is 2.39. The zero-order valence-corrected chi connectivity index (χ0v) is 17.2. The number of fused-ring (bicyclic) bond motifs is 1. The topological polar surface area (TPSA) is 60.2 Å². The summed E-state index contributed by atoms with van der Waals surface area (Å²) in [5.74, 6) is -0.675. The lowest BCUT2D eigenvalue weighted by molar-refractivity contribution is -0.0532. The van der Waals surface area contributed by atoms with Crippen molar-refractivity contribution in [2.24, 2.45) is 0 Å². The molecule has 0 saturated heterocycles. The van der Waals surface area contributed by atoms with Crippen LogP contribution in [0.1, 0.15) is 41.1 Å². The number of rotatable bonds is 6. The lowest BCUT2D eigenvalue weighted by atomic mass is 9.97. The standard InChI is InChI=1S/C24H20F3N3O2/c1-13-17(23(32-24(26)27)28-22-18(25)8-9-20(31)21(13)22)12-14-2-6-16(7-3-14)30-11-10-19(29-30)15-4-5-15/h2-3,6-11,15,24,31H,4-5,12H2,1H3. The van der Waals surface area contributed by atoms with E-state index in [4.69, 9.17) is 0 Å². The molecule has 1 saturated carbocycles. The van der Waals surface area contributed by atoms with E-state index >= 15 is 0 Å². The number of hydrogen-bond donors (Lipinski definition) is 1. The molecule has 0 aliphatic heterocycles. The first-order chi connectivity index (χ1) is 15.4. The first kappa shape index (κ1) is 20.4. The van der Waals surface area contributed by atoms with Gasteiger partial charge in [0.2, 0.25) is 5.88 Å². The first-order valence-electron chi connectivity index (χ1n) is 10.3. The minimum Gasteiger partial charge on any atom is -0.507 e. The first-order valence-corrected chi connectivity index (χ1v) is 10.3. The summed E-state index contributed by atoms with van der Waals surface area (Å²) in [5.41, 5.74) is 3.39. The van der Waals surface area contributed by atoms with Crippen LogP contribution in [-0.2, 0) is 6.42 Å². The highest BCUT2D eigenvalue weighted by Gasteiger charge is 2.26. The summed E-state index contributed by atoms with van der Waals surface area (Å²) in [6.07, 6.45) is 4.50. The predicted molar refractivity (Wildman–Crippen MR) is 113 cm³/mol. The minimum atomic E-state index is -3.11. The third kappa shape index (κ3) is 3.77. The van der Waals surface area contributed by atoms with Gasteiger partial charge in [-0.05, 0) is 61.2 Å². The molecule has 0 spiro atoms. The molecule has 2 aromatic carbocycles. The summed E-state index contributed by atoms with van der Waals surface area (Å²) in [7, 11) is 0. The van der Waals surface area contributed by atoms with Crippen LogP contribution in [0.25, 0.3) is 16.6 Å². The second kappa shape index (κ2) is 7.85. The Labute approximate surface area is 182 Å². The molecular weight excluding hydrogens is 419 g/mol. The molecule has 0 unspecified atom stereocenters. The third-order valence-corrected chi connectivity index (χ3v) is 5.79. The van der Waals surface area contributed by atoms with Crippen molar-refractivity contribution >= 4 is 10.9 Å². The quantitative estimate of drug-likeness (QED) is 0.422. The van der Waals surface area contributed by atoms with Crippen LogP contribution in [0.5, 0.6) is 11.6 Å². The van der Waals surface area contributed by atoms with Gasteiger partial charge in [-0.3, -0.25) is 0 Å². The van der Waals surface area contributed by atoms with E-state index < -0.39 is 12.4 Å². The Morgan fingerprint density at radius 2 is 1.88 bits per heavy atom. The lowest BCUT2D eigenvalue weighted by Crippen LogP contribution is -2.09. The summed E-state index contributed by atoms with van der Waals surface area (Å²) in [6, 6.07) is 11.8. The van der Waals surface area contributed by atoms with Gasteiger partial charge in [-0.25, -0.2) is 14.1 Å². The van der Waals surface area contributed by atoms with E-state index in [1.165, 1.54) is 18.9 Å². The molecule has 2 heterocycles. The summed E-state index contributed by atoms with van der Waals surface area (Å²) < 4.78 is 46.8. The van der Waals surface area contributed by atoms with E-state index in [1.54, 1.807) is 6.92 Å². The van der Waals surface area contributed by atoms with E-state index in [0.29, 0.717) is 17.0 Å². The van der Waals surface area contributed by atoms with E-state index in [0.717, 1.165) is 23.0 Å². The van der Waals surface area contributed by atoms with Crippen molar-refractivity contribution in [1.82, 2.24) is 14.8 Å². The summed E-state index contributed by atoms with van der Waals surface area (Å²) >= 11 is 0.